The van der Waals surface area contributed by atoms with E-state index in [-0.39, 0.29) is 18.2 Å². The minimum atomic E-state index is -2.73. The molecule has 0 aliphatic carbocycles. The molecule has 20 heavy (non-hydrogen) atoms. The highest BCUT2D eigenvalue weighted by Crippen LogP contribution is 2.26. The van der Waals surface area contributed by atoms with E-state index in [2.05, 4.69) is 5.32 Å². The summed E-state index contributed by atoms with van der Waals surface area (Å²) in [7, 11) is 1.78. The van der Waals surface area contributed by atoms with Gasteiger partial charge in [-0.3, -0.25) is 0 Å². The van der Waals surface area contributed by atoms with Gasteiger partial charge in [0.05, 0.1) is 5.48 Å². The minimum absolute atomic E-state index is 0. The van der Waals surface area contributed by atoms with Crippen LogP contribution in [0, 0.1) is 6.85 Å². The van der Waals surface area contributed by atoms with E-state index < -0.39 is 42.7 Å². The summed E-state index contributed by atoms with van der Waals surface area (Å²) in [4.78, 5) is 0. The molecule has 0 aliphatic rings. The highest BCUT2D eigenvalue weighted by Gasteiger charge is 2.13. The molecule has 2 aromatic carbocycles. The zero-order valence-corrected chi connectivity index (χ0v) is 12.0. The van der Waals surface area contributed by atoms with E-state index in [1.54, 1.807) is 7.05 Å². The molecule has 2 rings (SSSR count). The summed E-state index contributed by atoms with van der Waals surface area (Å²) in [5.74, 6) is -0.319. The number of para-hydroxylation sites is 1. The van der Waals surface area contributed by atoms with Gasteiger partial charge in [0.1, 0.15) is 11.9 Å². The van der Waals surface area contributed by atoms with Crippen molar-refractivity contribution in [2.75, 3.05) is 13.6 Å². The van der Waals surface area contributed by atoms with E-state index in [4.69, 9.17) is 14.3 Å². The van der Waals surface area contributed by atoms with Gasteiger partial charge in [0, 0.05) is 10.5 Å². The lowest BCUT2D eigenvalue weighted by molar-refractivity contribution is 0.193. The summed E-state index contributed by atoms with van der Waals surface area (Å²) >= 11 is 0. The maximum Gasteiger partial charge on any atom is 0.125 e. The topological polar surface area (TPSA) is 21.3 Å². The molecule has 108 valence electrons. The van der Waals surface area contributed by atoms with Crippen LogP contribution in [-0.4, -0.2) is 13.6 Å². The van der Waals surface area contributed by atoms with E-state index in [0.717, 1.165) is 5.56 Å². The largest absolute Gasteiger partial charge is 0.485 e. The first-order chi connectivity index (χ1) is 12.2. The molecule has 0 unspecified atom stereocenters. The third-order valence-electron chi connectivity index (χ3n) is 2.74. The number of nitrogens with one attached hydrogen (secondary N) is 1. The lowest BCUT2D eigenvalue weighted by Gasteiger charge is -2.20. The number of rotatable bonds is 6. The van der Waals surface area contributed by atoms with Crippen LogP contribution in [0.25, 0.3) is 0 Å². The van der Waals surface area contributed by atoms with Crippen LogP contribution < -0.4 is 10.1 Å². The standard InChI is InChI=1S/C17H21NO.ClH/c1-14-8-6-7-11-16(14)19-17(12-13-18-2)15-9-4-3-5-10-15;/h3-11,17-18H,12-13H2,1-2H3;1H/t17-;/m1./s1/i1D3,6D,7D,8D,11D;. The molecule has 0 saturated carbocycles. The SMILES string of the molecule is Cl.[2H]c1c([2H])c([2H])c(C([2H])([2H])[2H])c(O[C@H](CCNC)c2ccccc2)c1[2H]. The number of halogens is 1. The Morgan fingerprint density at radius 3 is 2.70 bits per heavy atom. The first-order valence-corrected chi connectivity index (χ1v) is 6.15. The molecule has 0 saturated heterocycles. The van der Waals surface area contributed by atoms with Crippen LogP contribution in [0.3, 0.4) is 0 Å². The Labute approximate surface area is 137 Å². The van der Waals surface area contributed by atoms with Crippen molar-refractivity contribution in [3.8, 4) is 5.75 Å². The lowest BCUT2D eigenvalue weighted by Crippen LogP contribution is -2.16. The van der Waals surface area contributed by atoms with Crippen molar-refractivity contribution in [1.82, 2.24) is 5.32 Å². The second-order valence-electron chi connectivity index (χ2n) is 4.11. The summed E-state index contributed by atoms with van der Waals surface area (Å²) < 4.78 is 60.7. The molecule has 0 bridgehead atoms. The molecule has 3 heteroatoms. The average molecular weight is 299 g/mol. The van der Waals surface area contributed by atoms with E-state index in [0.29, 0.717) is 13.0 Å². The third kappa shape index (κ3) is 4.55. The highest BCUT2D eigenvalue weighted by atomic mass is 35.5. The van der Waals surface area contributed by atoms with Gasteiger partial charge in [-0.1, -0.05) is 48.5 Å². The van der Waals surface area contributed by atoms with Crippen molar-refractivity contribution in [2.45, 2.75) is 19.4 Å². The van der Waals surface area contributed by atoms with Crippen molar-refractivity contribution in [2.24, 2.45) is 0 Å². The molecule has 0 spiro atoms. The Balaban J connectivity index is 0.00000364. The molecule has 0 heterocycles. The van der Waals surface area contributed by atoms with Gasteiger partial charge in [0.2, 0.25) is 0 Å². The molecule has 1 N–H and O–H groups in total. The van der Waals surface area contributed by atoms with Gasteiger partial charge in [0.15, 0.2) is 0 Å². The van der Waals surface area contributed by atoms with Crippen LogP contribution in [0.15, 0.2) is 54.5 Å². The van der Waals surface area contributed by atoms with Crippen molar-refractivity contribution in [3.05, 3.63) is 65.6 Å². The Morgan fingerprint density at radius 1 is 1.25 bits per heavy atom. The summed E-state index contributed by atoms with van der Waals surface area (Å²) in [6, 6.07) is 7.00. The van der Waals surface area contributed by atoms with Crippen LogP contribution in [0.1, 0.15) is 33.2 Å². The molecule has 0 amide bonds. The van der Waals surface area contributed by atoms with Gasteiger partial charge in [-0.05, 0) is 37.6 Å². The fourth-order valence-corrected chi connectivity index (χ4v) is 1.77. The lowest BCUT2D eigenvalue weighted by atomic mass is 10.1. The number of ether oxygens (including phenoxy) is 1. The van der Waals surface area contributed by atoms with E-state index in [1.165, 1.54) is 0 Å². The Hall–Kier alpha value is -1.51. The maximum atomic E-state index is 8.11. The average Bonchev–Trinajstić information content (AvgIpc) is 2.60. The van der Waals surface area contributed by atoms with Crippen LogP contribution in [0.2, 0.25) is 0 Å². The molecule has 0 radical (unpaired) electrons. The van der Waals surface area contributed by atoms with Gasteiger partial charge >= 0.3 is 0 Å². The molecule has 0 aliphatic heterocycles. The van der Waals surface area contributed by atoms with Gasteiger partial charge in [0.25, 0.3) is 0 Å². The molecule has 0 fully saturated rings. The molecule has 0 aromatic heterocycles. The number of hydrogen-bond donors (Lipinski definition) is 1. The molecule has 1 atom stereocenters. The smallest absolute Gasteiger partial charge is 0.125 e. The van der Waals surface area contributed by atoms with Crippen molar-refractivity contribution in [3.63, 3.8) is 0 Å². The predicted octanol–water partition coefficient (Wildman–Crippen LogP) is 4.15. The van der Waals surface area contributed by atoms with Gasteiger partial charge in [-0.25, -0.2) is 0 Å². The molecular formula is C17H22ClNO. The minimum Gasteiger partial charge on any atom is -0.485 e. The number of hydrogen-bond acceptors (Lipinski definition) is 2. The Bertz CT molecular complexity index is 768. The zero-order valence-electron chi connectivity index (χ0n) is 18.2. The van der Waals surface area contributed by atoms with Crippen molar-refractivity contribution >= 4 is 12.4 Å². The van der Waals surface area contributed by atoms with Gasteiger partial charge in [-0.15, -0.1) is 12.4 Å². The predicted molar refractivity (Wildman–Crippen MR) is 86.8 cm³/mol. The maximum absolute atomic E-state index is 8.11. The third-order valence-corrected chi connectivity index (χ3v) is 2.74. The first kappa shape index (κ1) is 8.71. The second-order valence-corrected chi connectivity index (χ2v) is 4.11. The monoisotopic (exact) mass is 298 g/mol. The first-order valence-electron chi connectivity index (χ1n) is 9.65. The van der Waals surface area contributed by atoms with Crippen LogP contribution in [-0.2, 0) is 0 Å². The highest BCUT2D eigenvalue weighted by molar-refractivity contribution is 5.85. The summed E-state index contributed by atoms with van der Waals surface area (Å²) in [6.45, 7) is -2.13. The van der Waals surface area contributed by atoms with Crippen molar-refractivity contribution < 1.29 is 14.3 Å². The van der Waals surface area contributed by atoms with Crippen LogP contribution in [0.4, 0.5) is 0 Å². The van der Waals surface area contributed by atoms with Crippen LogP contribution in [0.5, 0.6) is 5.75 Å². The van der Waals surface area contributed by atoms with E-state index in [1.807, 2.05) is 30.3 Å². The quantitative estimate of drug-likeness (QED) is 0.865. The Morgan fingerprint density at radius 2 is 2.00 bits per heavy atom. The number of benzene rings is 2. The zero-order chi connectivity index (χ0) is 19.5. The van der Waals surface area contributed by atoms with Gasteiger partial charge in [-0.2, -0.15) is 0 Å². The van der Waals surface area contributed by atoms with E-state index >= 15 is 0 Å². The molecule has 2 nitrogen and oxygen atoms in total. The van der Waals surface area contributed by atoms with Crippen LogP contribution >= 0.6 is 12.4 Å². The fourth-order valence-electron chi connectivity index (χ4n) is 1.77. The molecular weight excluding hydrogens is 270 g/mol. The fraction of sp³-hybridized carbons (Fsp3) is 0.294. The van der Waals surface area contributed by atoms with Gasteiger partial charge < -0.3 is 10.1 Å². The summed E-state index contributed by atoms with van der Waals surface area (Å²) in [5.41, 5.74) is 0.306. The summed E-state index contributed by atoms with van der Waals surface area (Å²) in [5, 5.41) is 3.00. The molecule has 2 aromatic rings. The Kier molecular flexibility index (Phi) is 3.75. The second kappa shape index (κ2) is 8.62. The van der Waals surface area contributed by atoms with Crippen molar-refractivity contribution in [1.29, 1.82) is 0 Å². The van der Waals surface area contributed by atoms with E-state index in [9.17, 15) is 0 Å². The normalized spacial score (nSPS) is 17.1. The summed E-state index contributed by atoms with van der Waals surface area (Å²) in [6.07, 6.45) is -0.0480.